The standard InChI is InChI=1S/C26H36N6O3/c1-19-15-31(26(33)34)13-14-32(19)24-22-10-12-30(16-20-7-4-3-5-8-20)17-23(22)27-25(28-24)35-18-21-9-6-11-29(21)2/h3-5,7-8,19,21H,6,9-18H2,1-2H3,(H,33,34)/t19-,21-/m0/s1. The fraction of sp³-hybridized carbons (Fsp3) is 0.577. The molecule has 2 fully saturated rings. The molecule has 0 saturated carbocycles. The maximum absolute atomic E-state index is 11.5. The molecule has 1 N–H and O–H groups in total. The van der Waals surface area contributed by atoms with Crippen LogP contribution in [0.3, 0.4) is 0 Å². The highest BCUT2D eigenvalue weighted by Crippen LogP contribution is 2.31. The molecular formula is C26H36N6O3. The molecule has 188 valence electrons. The Balaban J connectivity index is 1.39. The van der Waals surface area contributed by atoms with Gasteiger partial charge in [-0.05, 0) is 45.3 Å². The molecule has 2 saturated heterocycles. The number of ether oxygens (including phenoxy) is 1. The number of amides is 1. The number of likely N-dealkylation sites (tertiary alicyclic amines) is 1. The minimum absolute atomic E-state index is 0.0370. The van der Waals surface area contributed by atoms with E-state index in [1.165, 1.54) is 22.4 Å². The molecule has 0 unspecified atom stereocenters. The lowest BCUT2D eigenvalue weighted by Gasteiger charge is -2.41. The Hall–Kier alpha value is -2.91. The first-order chi connectivity index (χ1) is 17.0. The van der Waals surface area contributed by atoms with Crippen molar-refractivity contribution in [2.45, 2.75) is 51.4 Å². The van der Waals surface area contributed by atoms with Crippen LogP contribution in [0.15, 0.2) is 30.3 Å². The van der Waals surface area contributed by atoms with Gasteiger partial charge in [0.05, 0.1) is 5.69 Å². The highest BCUT2D eigenvalue weighted by molar-refractivity contribution is 5.66. The van der Waals surface area contributed by atoms with E-state index in [1.54, 1.807) is 0 Å². The average molecular weight is 481 g/mol. The Morgan fingerprint density at radius 3 is 2.69 bits per heavy atom. The zero-order chi connectivity index (χ0) is 24.4. The summed E-state index contributed by atoms with van der Waals surface area (Å²) in [4.78, 5) is 29.8. The van der Waals surface area contributed by atoms with Gasteiger partial charge in [0.1, 0.15) is 12.4 Å². The minimum Gasteiger partial charge on any atom is -0.465 e. The van der Waals surface area contributed by atoms with Gasteiger partial charge in [-0.1, -0.05) is 30.3 Å². The van der Waals surface area contributed by atoms with Gasteiger partial charge in [0, 0.05) is 56.9 Å². The first kappa shape index (κ1) is 23.8. The summed E-state index contributed by atoms with van der Waals surface area (Å²) in [5.41, 5.74) is 3.50. The SMILES string of the molecule is C[C@H]1CN(C(=O)O)CCN1c1nc(OC[C@@H]2CCCN2C)nc2c1CCN(Cc1ccccc1)C2. The van der Waals surface area contributed by atoms with Crippen LogP contribution in [0.2, 0.25) is 0 Å². The summed E-state index contributed by atoms with van der Waals surface area (Å²) in [7, 11) is 2.14. The molecule has 3 aliphatic heterocycles. The van der Waals surface area contributed by atoms with Gasteiger partial charge in [-0.15, -0.1) is 0 Å². The number of piperazine rings is 1. The van der Waals surface area contributed by atoms with Crippen molar-refractivity contribution in [3.63, 3.8) is 0 Å². The van der Waals surface area contributed by atoms with Gasteiger partial charge >= 0.3 is 12.1 Å². The van der Waals surface area contributed by atoms with E-state index >= 15 is 0 Å². The summed E-state index contributed by atoms with van der Waals surface area (Å²) < 4.78 is 6.19. The molecule has 1 aromatic heterocycles. The molecule has 0 bridgehead atoms. The molecule has 5 rings (SSSR count). The topological polar surface area (TPSA) is 85.3 Å². The number of fused-ring (bicyclic) bond motifs is 1. The quantitative estimate of drug-likeness (QED) is 0.676. The number of carboxylic acid groups (broad SMARTS) is 1. The number of nitrogens with zero attached hydrogens (tertiary/aromatic N) is 6. The largest absolute Gasteiger partial charge is 0.465 e. The van der Waals surface area contributed by atoms with E-state index in [0.29, 0.717) is 38.3 Å². The Morgan fingerprint density at radius 2 is 1.97 bits per heavy atom. The molecule has 35 heavy (non-hydrogen) atoms. The molecule has 1 aromatic carbocycles. The fourth-order valence-electron chi connectivity index (χ4n) is 5.53. The van der Waals surface area contributed by atoms with Crippen molar-refractivity contribution in [1.82, 2.24) is 24.7 Å². The molecule has 4 heterocycles. The van der Waals surface area contributed by atoms with Crippen LogP contribution in [0.4, 0.5) is 10.6 Å². The van der Waals surface area contributed by atoms with Crippen LogP contribution in [-0.2, 0) is 19.5 Å². The van der Waals surface area contributed by atoms with Crippen LogP contribution < -0.4 is 9.64 Å². The number of likely N-dealkylation sites (N-methyl/N-ethyl adjacent to an activating group) is 1. The summed E-state index contributed by atoms with van der Waals surface area (Å²) in [5.74, 6) is 0.918. The summed E-state index contributed by atoms with van der Waals surface area (Å²) in [6.07, 6.45) is 2.34. The van der Waals surface area contributed by atoms with E-state index in [2.05, 4.69) is 52.9 Å². The second-order valence-corrected chi connectivity index (χ2v) is 10.1. The molecule has 1 amide bonds. The molecular weight excluding hydrogens is 444 g/mol. The van der Waals surface area contributed by atoms with Crippen LogP contribution in [-0.4, -0.2) is 94.3 Å². The Kier molecular flexibility index (Phi) is 7.06. The predicted octanol–water partition coefficient (Wildman–Crippen LogP) is 2.70. The second-order valence-electron chi connectivity index (χ2n) is 10.1. The van der Waals surface area contributed by atoms with E-state index in [0.717, 1.165) is 50.5 Å². The lowest BCUT2D eigenvalue weighted by atomic mass is 10.0. The molecule has 0 aliphatic carbocycles. The number of aromatic nitrogens is 2. The lowest BCUT2D eigenvalue weighted by molar-refractivity contribution is 0.136. The van der Waals surface area contributed by atoms with Crippen molar-refractivity contribution in [3.8, 4) is 6.01 Å². The zero-order valence-electron chi connectivity index (χ0n) is 20.8. The van der Waals surface area contributed by atoms with Crippen LogP contribution in [0, 0.1) is 0 Å². The van der Waals surface area contributed by atoms with E-state index in [-0.39, 0.29) is 6.04 Å². The monoisotopic (exact) mass is 480 g/mol. The normalized spacial score (nSPS) is 23.4. The predicted molar refractivity (Wildman–Crippen MR) is 134 cm³/mol. The number of hydrogen-bond acceptors (Lipinski definition) is 7. The molecule has 2 aromatic rings. The number of benzene rings is 1. The highest BCUT2D eigenvalue weighted by Gasteiger charge is 2.32. The van der Waals surface area contributed by atoms with Gasteiger partial charge in [0.15, 0.2) is 0 Å². The maximum atomic E-state index is 11.5. The maximum Gasteiger partial charge on any atom is 0.407 e. The molecule has 0 radical (unpaired) electrons. The summed E-state index contributed by atoms with van der Waals surface area (Å²) in [6, 6.07) is 11.4. The van der Waals surface area contributed by atoms with Gasteiger partial charge in [-0.3, -0.25) is 4.90 Å². The Morgan fingerprint density at radius 1 is 1.14 bits per heavy atom. The van der Waals surface area contributed by atoms with E-state index < -0.39 is 6.09 Å². The Bertz CT molecular complexity index is 1040. The van der Waals surface area contributed by atoms with Crippen LogP contribution in [0.1, 0.15) is 36.6 Å². The first-order valence-corrected chi connectivity index (χ1v) is 12.7. The molecule has 9 nitrogen and oxygen atoms in total. The zero-order valence-corrected chi connectivity index (χ0v) is 20.8. The number of rotatable bonds is 6. The minimum atomic E-state index is -0.859. The number of anilines is 1. The third-order valence-corrected chi connectivity index (χ3v) is 7.60. The van der Waals surface area contributed by atoms with Crippen molar-refractivity contribution in [1.29, 1.82) is 0 Å². The molecule has 0 spiro atoms. The summed E-state index contributed by atoms with van der Waals surface area (Å²) in [6.45, 7) is 7.90. The fourth-order valence-corrected chi connectivity index (χ4v) is 5.53. The second kappa shape index (κ2) is 10.4. The van der Waals surface area contributed by atoms with Crippen molar-refractivity contribution in [3.05, 3.63) is 47.2 Å². The van der Waals surface area contributed by atoms with Crippen LogP contribution in [0.25, 0.3) is 0 Å². The third kappa shape index (κ3) is 5.36. The van der Waals surface area contributed by atoms with E-state index in [9.17, 15) is 9.90 Å². The smallest absolute Gasteiger partial charge is 0.407 e. The van der Waals surface area contributed by atoms with Crippen molar-refractivity contribution >= 4 is 11.9 Å². The molecule has 3 aliphatic rings. The van der Waals surface area contributed by atoms with Gasteiger partial charge in [-0.2, -0.15) is 9.97 Å². The van der Waals surface area contributed by atoms with Gasteiger partial charge in [0.25, 0.3) is 0 Å². The number of hydrogen-bond donors (Lipinski definition) is 1. The highest BCUT2D eigenvalue weighted by atomic mass is 16.5. The van der Waals surface area contributed by atoms with Gasteiger partial charge in [0.2, 0.25) is 0 Å². The summed E-state index contributed by atoms with van der Waals surface area (Å²) >= 11 is 0. The van der Waals surface area contributed by atoms with E-state index in [1.807, 2.05) is 6.07 Å². The third-order valence-electron chi connectivity index (χ3n) is 7.60. The first-order valence-electron chi connectivity index (χ1n) is 12.7. The van der Waals surface area contributed by atoms with Crippen molar-refractivity contribution in [2.24, 2.45) is 0 Å². The van der Waals surface area contributed by atoms with Gasteiger partial charge in [-0.25, -0.2) is 4.79 Å². The van der Waals surface area contributed by atoms with Crippen molar-refractivity contribution < 1.29 is 14.6 Å². The van der Waals surface area contributed by atoms with Gasteiger partial charge < -0.3 is 24.5 Å². The summed E-state index contributed by atoms with van der Waals surface area (Å²) in [5, 5.41) is 9.45. The van der Waals surface area contributed by atoms with E-state index in [4.69, 9.17) is 14.7 Å². The van der Waals surface area contributed by atoms with Crippen LogP contribution >= 0.6 is 0 Å². The lowest BCUT2D eigenvalue weighted by Crippen LogP contribution is -2.54. The van der Waals surface area contributed by atoms with Crippen molar-refractivity contribution in [2.75, 3.05) is 51.3 Å². The molecule has 2 atom stereocenters. The Labute approximate surface area is 207 Å². The molecule has 9 heteroatoms. The van der Waals surface area contributed by atoms with Crippen LogP contribution in [0.5, 0.6) is 6.01 Å². The average Bonchev–Trinajstić information content (AvgIpc) is 3.27. The number of carbonyl (C=O) groups is 1.